The molecule has 0 radical (unpaired) electrons. The average Bonchev–Trinajstić information content (AvgIpc) is 2.59. The number of nitrogens with zero attached hydrogens (tertiary/aromatic N) is 4. The lowest BCUT2D eigenvalue weighted by Gasteiger charge is -2.10. The first-order valence-electron chi connectivity index (χ1n) is 7.16. The molecule has 0 spiro atoms. The lowest BCUT2D eigenvalue weighted by molar-refractivity contribution is -0.383. The van der Waals surface area contributed by atoms with Gasteiger partial charge in [-0.3, -0.25) is 24.3 Å². The molecule has 0 aliphatic carbocycles. The van der Waals surface area contributed by atoms with Crippen molar-refractivity contribution in [3.8, 4) is 6.07 Å². The molecule has 0 saturated heterocycles. The van der Waals surface area contributed by atoms with E-state index in [-0.39, 0.29) is 23.5 Å². The number of rotatable bonds is 5. The summed E-state index contributed by atoms with van der Waals surface area (Å²) in [5.41, 5.74) is -2.29. The highest BCUT2D eigenvalue weighted by atomic mass is 16.6. The van der Waals surface area contributed by atoms with E-state index < -0.39 is 28.6 Å². The average molecular weight is 343 g/mol. The van der Waals surface area contributed by atoms with Gasteiger partial charge in [-0.05, 0) is 13.0 Å². The van der Waals surface area contributed by atoms with Crippen LogP contribution in [-0.4, -0.2) is 20.0 Å². The van der Waals surface area contributed by atoms with Gasteiger partial charge in [-0.25, -0.2) is 9.36 Å². The first-order chi connectivity index (χ1) is 11.9. The minimum atomic E-state index is -0.894. The zero-order valence-corrected chi connectivity index (χ0v) is 13.1. The minimum Gasteiger partial charge on any atom is -0.319 e. The number of aromatic nitrogens is 2. The van der Waals surface area contributed by atoms with Crippen LogP contribution in [0.3, 0.4) is 0 Å². The van der Waals surface area contributed by atoms with Crippen LogP contribution in [0.2, 0.25) is 0 Å². The molecule has 0 unspecified atom stereocenters. The van der Waals surface area contributed by atoms with Crippen molar-refractivity contribution in [3.05, 3.63) is 67.0 Å². The van der Waals surface area contributed by atoms with E-state index in [1.165, 1.54) is 24.3 Å². The molecule has 0 aliphatic heterocycles. The van der Waals surface area contributed by atoms with Crippen molar-refractivity contribution in [1.82, 2.24) is 9.13 Å². The largest absolute Gasteiger partial charge is 0.331 e. The molecule has 0 saturated carbocycles. The lowest BCUT2D eigenvalue weighted by atomic mass is 10.2. The van der Waals surface area contributed by atoms with E-state index in [0.717, 1.165) is 10.8 Å². The van der Waals surface area contributed by atoms with E-state index in [1.54, 1.807) is 13.0 Å². The Kier molecular flexibility index (Phi) is 5.09. The van der Waals surface area contributed by atoms with Crippen molar-refractivity contribution in [2.45, 2.75) is 20.0 Å². The lowest BCUT2D eigenvalue weighted by Crippen LogP contribution is -2.43. The number of nitriles is 1. The third-order valence-electron chi connectivity index (χ3n) is 3.37. The second-order valence-electron chi connectivity index (χ2n) is 4.94. The first kappa shape index (κ1) is 17.6. The van der Waals surface area contributed by atoms with E-state index in [1.807, 2.05) is 0 Å². The van der Waals surface area contributed by atoms with Crippen LogP contribution in [0.5, 0.6) is 0 Å². The fourth-order valence-corrected chi connectivity index (χ4v) is 2.17. The summed E-state index contributed by atoms with van der Waals surface area (Å²) in [5.74, 6) is -0.800. The molecular formula is C15H13N5O5. The third-order valence-corrected chi connectivity index (χ3v) is 3.37. The molecule has 0 aliphatic rings. The van der Waals surface area contributed by atoms with Crippen LogP contribution in [0.15, 0.2) is 40.1 Å². The molecule has 128 valence electrons. The number of para-hydroxylation sites is 2. The molecule has 0 bridgehead atoms. The Labute approximate surface area is 140 Å². The highest BCUT2D eigenvalue weighted by Gasteiger charge is 2.17. The molecule has 1 aromatic carbocycles. The first-order valence-corrected chi connectivity index (χ1v) is 7.16. The molecule has 2 rings (SSSR count). The molecule has 2 aromatic rings. The standard InChI is InChI=1S/C15H13N5O5/c1-2-18-8-10(7-16)14(22)19(15(18)23)9-13(21)17-11-5-3-4-6-12(11)20(24)25/h3-6,8H,2,9H2,1H3,(H,17,21). The predicted molar refractivity (Wildman–Crippen MR) is 87.1 cm³/mol. The van der Waals surface area contributed by atoms with Gasteiger partial charge in [-0.15, -0.1) is 0 Å². The van der Waals surface area contributed by atoms with Crippen LogP contribution in [0.4, 0.5) is 11.4 Å². The molecule has 1 N–H and O–H groups in total. The molecule has 0 atom stereocenters. The molecule has 1 aromatic heterocycles. The maximum Gasteiger partial charge on any atom is 0.331 e. The van der Waals surface area contributed by atoms with Crippen molar-refractivity contribution in [1.29, 1.82) is 5.26 Å². The summed E-state index contributed by atoms with van der Waals surface area (Å²) in [6.45, 7) is 1.18. The van der Waals surface area contributed by atoms with E-state index in [9.17, 15) is 24.5 Å². The van der Waals surface area contributed by atoms with Gasteiger partial charge in [-0.2, -0.15) is 5.26 Å². The van der Waals surface area contributed by atoms with E-state index in [0.29, 0.717) is 4.57 Å². The van der Waals surface area contributed by atoms with Crippen molar-refractivity contribution in [2.75, 3.05) is 5.32 Å². The Bertz CT molecular complexity index is 999. The van der Waals surface area contributed by atoms with Crippen LogP contribution in [0, 0.1) is 21.4 Å². The number of anilines is 1. The van der Waals surface area contributed by atoms with Gasteiger partial charge < -0.3 is 5.32 Å². The van der Waals surface area contributed by atoms with Gasteiger partial charge in [-0.1, -0.05) is 12.1 Å². The molecular weight excluding hydrogens is 330 g/mol. The summed E-state index contributed by atoms with van der Waals surface area (Å²) in [6.07, 6.45) is 1.13. The second kappa shape index (κ2) is 7.22. The Morgan fingerprint density at radius 3 is 2.64 bits per heavy atom. The molecule has 10 nitrogen and oxygen atoms in total. The summed E-state index contributed by atoms with van der Waals surface area (Å²) in [5, 5.41) is 22.2. The van der Waals surface area contributed by atoms with Crippen LogP contribution in [-0.2, 0) is 17.9 Å². The van der Waals surface area contributed by atoms with E-state index in [2.05, 4.69) is 5.32 Å². The second-order valence-corrected chi connectivity index (χ2v) is 4.94. The van der Waals surface area contributed by atoms with Crippen LogP contribution in [0.25, 0.3) is 0 Å². The highest BCUT2D eigenvalue weighted by molar-refractivity contribution is 5.92. The fraction of sp³-hybridized carbons (Fsp3) is 0.200. The zero-order chi connectivity index (χ0) is 18.6. The quantitative estimate of drug-likeness (QED) is 0.617. The molecule has 0 fully saturated rings. The number of nitrogens with one attached hydrogen (secondary N) is 1. The number of hydrogen-bond acceptors (Lipinski definition) is 6. The summed E-state index contributed by atoms with van der Waals surface area (Å²) in [4.78, 5) is 46.7. The van der Waals surface area contributed by atoms with Gasteiger partial charge in [0, 0.05) is 18.8 Å². The normalized spacial score (nSPS) is 10.1. The number of nitro groups is 1. The number of nitro benzene ring substituents is 1. The SMILES string of the molecule is CCn1cc(C#N)c(=O)n(CC(=O)Nc2ccccc2[N+](=O)[O-])c1=O. The fourth-order valence-electron chi connectivity index (χ4n) is 2.17. The summed E-state index contributed by atoms with van der Waals surface area (Å²) in [7, 11) is 0. The Balaban J connectivity index is 2.37. The third kappa shape index (κ3) is 3.61. The summed E-state index contributed by atoms with van der Waals surface area (Å²) >= 11 is 0. The molecule has 10 heteroatoms. The van der Waals surface area contributed by atoms with Gasteiger partial charge in [0.2, 0.25) is 5.91 Å². The van der Waals surface area contributed by atoms with Crippen molar-refractivity contribution >= 4 is 17.3 Å². The number of aryl methyl sites for hydroxylation is 1. The Hall–Kier alpha value is -3.74. The van der Waals surface area contributed by atoms with E-state index >= 15 is 0 Å². The van der Waals surface area contributed by atoms with Gasteiger partial charge >= 0.3 is 5.69 Å². The molecule has 1 heterocycles. The van der Waals surface area contributed by atoms with Gasteiger partial charge in [0.05, 0.1) is 4.92 Å². The maximum atomic E-state index is 12.2. The zero-order valence-electron chi connectivity index (χ0n) is 13.1. The molecule has 25 heavy (non-hydrogen) atoms. The van der Waals surface area contributed by atoms with Crippen molar-refractivity contribution in [3.63, 3.8) is 0 Å². The van der Waals surface area contributed by atoms with Crippen LogP contribution in [0.1, 0.15) is 12.5 Å². The Morgan fingerprint density at radius 2 is 2.04 bits per heavy atom. The van der Waals surface area contributed by atoms with Crippen molar-refractivity contribution in [2.24, 2.45) is 0 Å². The predicted octanol–water partition coefficient (Wildman–Crippen LogP) is 0.448. The summed E-state index contributed by atoms with van der Waals surface area (Å²) in [6, 6.07) is 7.14. The smallest absolute Gasteiger partial charge is 0.319 e. The number of hydrogen-bond donors (Lipinski definition) is 1. The van der Waals surface area contributed by atoms with Crippen molar-refractivity contribution < 1.29 is 9.72 Å². The topological polar surface area (TPSA) is 140 Å². The number of carbonyl (C=O) groups is 1. The van der Waals surface area contributed by atoms with Gasteiger partial charge in [0.15, 0.2) is 0 Å². The minimum absolute atomic E-state index is 0.0576. The Morgan fingerprint density at radius 1 is 1.36 bits per heavy atom. The van der Waals surface area contributed by atoms with Gasteiger partial charge in [0.25, 0.3) is 11.2 Å². The monoisotopic (exact) mass is 343 g/mol. The van der Waals surface area contributed by atoms with Crippen LogP contribution >= 0.6 is 0 Å². The highest BCUT2D eigenvalue weighted by Crippen LogP contribution is 2.22. The van der Waals surface area contributed by atoms with Gasteiger partial charge in [0.1, 0.15) is 23.9 Å². The van der Waals surface area contributed by atoms with Crippen LogP contribution < -0.4 is 16.6 Å². The van der Waals surface area contributed by atoms with E-state index in [4.69, 9.17) is 5.26 Å². The summed E-state index contributed by atoms with van der Waals surface area (Å²) < 4.78 is 1.74. The number of carbonyl (C=O) groups excluding carboxylic acids is 1. The molecule has 1 amide bonds. The maximum absolute atomic E-state index is 12.2. The number of amides is 1. The number of benzene rings is 1.